The normalized spacial score (nSPS) is 15.8. The first-order chi connectivity index (χ1) is 16.8. The summed E-state index contributed by atoms with van der Waals surface area (Å²) in [5.41, 5.74) is 4.39. The number of hydrogen-bond acceptors (Lipinski definition) is 3. The van der Waals surface area contributed by atoms with Gasteiger partial charge in [-0.05, 0) is 31.9 Å². The summed E-state index contributed by atoms with van der Waals surface area (Å²) in [5.74, 6) is 1.96. The average Bonchev–Trinajstić information content (AvgIpc) is 3.19. The minimum absolute atomic E-state index is 0.626. The van der Waals surface area contributed by atoms with Crippen LogP contribution in [0.2, 0.25) is 0 Å². The van der Waals surface area contributed by atoms with Crippen molar-refractivity contribution in [3.8, 4) is 28.7 Å². The highest BCUT2D eigenvalue weighted by molar-refractivity contribution is 5.84. The maximum absolute atomic E-state index is 4.99. The van der Waals surface area contributed by atoms with E-state index in [-0.39, 0.29) is 0 Å². The minimum atomic E-state index is 0.626. The molecule has 4 nitrogen and oxygen atoms in total. The van der Waals surface area contributed by atoms with Crippen LogP contribution in [0, 0.1) is 0 Å². The summed E-state index contributed by atoms with van der Waals surface area (Å²) in [4.78, 5) is 14.8. The Morgan fingerprint density at radius 3 is 1.97 bits per heavy atom. The summed E-state index contributed by atoms with van der Waals surface area (Å²) in [6, 6.07) is 28.7. The highest BCUT2D eigenvalue weighted by Gasteiger charge is 2.16. The van der Waals surface area contributed by atoms with Gasteiger partial charge in [0, 0.05) is 21.7 Å². The summed E-state index contributed by atoms with van der Waals surface area (Å²) in [5, 5.41) is 3.55. The van der Waals surface area contributed by atoms with Crippen LogP contribution in [0.15, 0.2) is 96.6 Å². The number of benzene rings is 3. The van der Waals surface area contributed by atoms with E-state index in [1.807, 2.05) is 60.7 Å². The Hall–Kier alpha value is -4.31. The van der Waals surface area contributed by atoms with Crippen molar-refractivity contribution in [2.45, 2.75) is 19.8 Å². The van der Waals surface area contributed by atoms with E-state index >= 15 is 0 Å². The molecule has 3 aromatic carbocycles. The second-order valence-corrected chi connectivity index (χ2v) is 8.59. The standard InChI is InChI=1S/C30H24N4/c1-21-11-10-17-25-24-16-8-9-18-26(24)34(27(25)20-19-21)30-32-28(22-12-4-2-5-13-22)31-29(33-30)23-14-6-3-7-15-23/h2-9,12-20H,10-11H2,1H3/b21-19-,25-17?,27-20+. The number of para-hydroxylation sites is 1. The predicted octanol–water partition coefficient (Wildman–Crippen LogP) is 5.45. The van der Waals surface area contributed by atoms with Gasteiger partial charge in [0.05, 0.1) is 10.9 Å². The third-order valence-corrected chi connectivity index (χ3v) is 6.25. The number of hydrogen-bond donors (Lipinski definition) is 0. The third kappa shape index (κ3) is 3.63. The molecule has 0 radical (unpaired) electrons. The van der Waals surface area contributed by atoms with E-state index in [9.17, 15) is 0 Å². The van der Waals surface area contributed by atoms with Crippen molar-refractivity contribution in [3.05, 3.63) is 107 Å². The Labute approximate surface area is 198 Å². The van der Waals surface area contributed by atoms with Crippen LogP contribution in [0.25, 0.3) is 51.8 Å². The van der Waals surface area contributed by atoms with Crippen molar-refractivity contribution in [3.63, 3.8) is 0 Å². The average molecular weight is 441 g/mol. The topological polar surface area (TPSA) is 43.6 Å². The predicted molar refractivity (Wildman–Crippen MR) is 139 cm³/mol. The molecule has 0 atom stereocenters. The molecule has 2 heterocycles. The van der Waals surface area contributed by atoms with Gasteiger partial charge in [-0.1, -0.05) is 96.6 Å². The first-order valence-electron chi connectivity index (χ1n) is 11.6. The third-order valence-electron chi connectivity index (χ3n) is 6.25. The molecule has 0 bridgehead atoms. The van der Waals surface area contributed by atoms with Crippen LogP contribution < -0.4 is 10.6 Å². The molecule has 0 unspecified atom stereocenters. The van der Waals surface area contributed by atoms with Crippen molar-refractivity contribution in [1.29, 1.82) is 0 Å². The lowest BCUT2D eigenvalue weighted by molar-refractivity contribution is 0.908. The summed E-state index contributed by atoms with van der Waals surface area (Å²) in [6.07, 6.45) is 8.85. The van der Waals surface area contributed by atoms with Gasteiger partial charge in [-0.3, -0.25) is 4.57 Å². The maximum Gasteiger partial charge on any atom is 0.238 e. The van der Waals surface area contributed by atoms with Gasteiger partial charge >= 0.3 is 0 Å². The maximum atomic E-state index is 4.99. The van der Waals surface area contributed by atoms with E-state index in [2.05, 4.69) is 54.0 Å². The van der Waals surface area contributed by atoms with Gasteiger partial charge in [-0.2, -0.15) is 9.97 Å². The van der Waals surface area contributed by atoms with Gasteiger partial charge in [-0.15, -0.1) is 0 Å². The number of allylic oxidation sites excluding steroid dienone is 2. The van der Waals surface area contributed by atoms with Crippen LogP contribution in [0.1, 0.15) is 19.8 Å². The van der Waals surface area contributed by atoms with Crippen molar-refractivity contribution >= 4 is 23.1 Å². The lowest BCUT2D eigenvalue weighted by Crippen LogP contribution is -2.30. The molecular weight excluding hydrogens is 416 g/mol. The Bertz CT molecular complexity index is 1590. The number of aromatic nitrogens is 4. The van der Waals surface area contributed by atoms with Crippen LogP contribution in [0.5, 0.6) is 0 Å². The zero-order valence-electron chi connectivity index (χ0n) is 19.0. The van der Waals surface area contributed by atoms with E-state index in [1.165, 1.54) is 16.2 Å². The molecule has 0 aliphatic heterocycles. The van der Waals surface area contributed by atoms with Crippen LogP contribution in [0.3, 0.4) is 0 Å². The Morgan fingerprint density at radius 2 is 1.29 bits per heavy atom. The Morgan fingerprint density at radius 1 is 0.676 bits per heavy atom. The molecule has 6 rings (SSSR count). The fourth-order valence-electron chi connectivity index (χ4n) is 4.52. The molecule has 0 spiro atoms. The van der Waals surface area contributed by atoms with Gasteiger partial charge in [-0.25, -0.2) is 4.98 Å². The number of rotatable bonds is 3. The zero-order chi connectivity index (χ0) is 22.9. The molecule has 5 aromatic rings. The summed E-state index contributed by atoms with van der Waals surface area (Å²) < 4.78 is 2.18. The second kappa shape index (κ2) is 8.56. The Balaban J connectivity index is 1.71. The monoisotopic (exact) mass is 440 g/mol. The molecule has 1 aliphatic carbocycles. The molecular formula is C30H24N4. The van der Waals surface area contributed by atoms with Gasteiger partial charge < -0.3 is 0 Å². The molecule has 0 saturated carbocycles. The molecule has 0 amide bonds. The van der Waals surface area contributed by atoms with E-state index < -0.39 is 0 Å². The molecule has 2 aromatic heterocycles. The zero-order valence-corrected chi connectivity index (χ0v) is 19.0. The van der Waals surface area contributed by atoms with E-state index in [4.69, 9.17) is 15.0 Å². The van der Waals surface area contributed by atoms with E-state index in [0.29, 0.717) is 17.6 Å². The van der Waals surface area contributed by atoms with Crippen LogP contribution in [0.4, 0.5) is 0 Å². The molecule has 1 aliphatic rings. The van der Waals surface area contributed by atoms with Crippen molar-refractivity contribution in [2.75, 3.05) is 0 Å². The summed E-state index contributed by atoms with van der Waals surface area (Å²) >= 11 is 0. The molecule has 0 fully saturated rings. The highest BCUT2D eigenvalue weighted by Crippen LogP contribution is 2.22. The first-order valence-corrected chi connectivity index (χ1v) is 11.6. The fourth-order valence-corrected chi connectivity index (χ4v) is 4.52. The quantitative estimate of drug-likeness (QED) is 0.375. The molecule has 0 saturated heterocycles. The number of fused-ring (bicyclic) bond motifs is 3. The van der Waals surface area contributed by atoms with Gasteiger partial charge in [0.1, 0.15) is 0 Å². The molecule has 164 valence electrons. The second-order valence-electron chi connectivity index (χ2n) is 8.59. The van der Waals surface area contributed by atoms with Crippen molar-refractivity contribution in [2.24, 2.45) is 0 Å². The lowest BCUT2D eigenvalue weighted by atomic mass is 10.1. The van der Waals surface area contributed by atoms with Crippen molar-refractivity contribution in [1.82, 2.24) is 19.5 Å². The minimum Gasteiger partial charge on any atom is -0.278 e. The smallest absolute Gasteiger partial charge is 0.238 e. The van der Waals surface area contributed by atoms with E-state index in [0.717, 1.165) is 34.8 Å². The fraction of sp³-hybridized carbons (Fsp3) is 0.100. The lowest BCUT2D eigenvalue weighted by Gasteiger charge is -2.10. The van der Waals surface area contributed by atoms with Crippen LogP contribution in [-0.2, 0) is 0 Å². The van der Waals surface area contributed by atoms with Gasteiger partial charge in [0.15, 0.2) is 11.6 Å². The summed E-state index contributed by atoms with van der Waals surface area (Å²) in [7, 11) is 0. The first kappa shape index (κ1) is 20.3. The Kier molecular flexibility index (Phi) is 5.11. The molecule has 0 N–H and O–H groups in total. The SMILES string of the molecule is C/C1=C/C=c2\c(c3ccccc3n2-c2nc(-c3ccccc3)nc(-c3ccccc3)n2)=CCC1. The molecule has 34 heavy (non-hydrogen) atoms. The summed E-state index contributed by atoms with van der Waals surface area (Å²) in [6.45, 7) is 2.19. The van der Waals surface area contributed by atoms with Crippen LogP contribution in [-0.4, -0.2) is 19.5 Å². The highest BCUT2D eigenvalue weighted by atomic mass is 15.2. The number of nitrogens with zero attached hydrogens (tertiary/aromatic N) is 4. The largest absolute Gasteiger partial charge is 0.278 e. The van der Waals surface area contributed by atoms with Crippen molar-refractivity contribution < 1.29 is 0 Å². The van der Waals surface area contributed by atoms with Gasteiger partial charge in [0.2, 0.25) is 5.95 Å². The van der Waals surface area contributed by atoms with Crippen LogP contribution >= 0.6 is 0 Å². The molecule has 4 heteroatoms. The van der Waals surface area contributed by atoms with E-state index in [1.54, 1.807) is 0 Å². The van der Waals surface area contributed by atoms with Gasteiger partial charge in [0.25, 0.3) is 0 Å².